The molecule has 106 valence electrons. The summed E-state index contributed by atoms with van der Waals surface area (Å²) in [6, 6.07) is 6.24. The van der Waals surface area contributed by atoms with Crippen molar-refractivity contribution >= 4 is 16.9 Å². The molecule has 0 atom stereocenters. The van der Waals surface area contributed by atoms with Crippen LogP contribution in [0.4, 0.5) is 0 Å². The molecule has 1 fully saturated rings. The molecule has 1 aliphatic heterocycles. The van der Waals surface area contributed by atoms with Crippen molar-refractivity contribution in [2.45, 2.75) is 25.3 Å². The number of hydrogen-bond acceptors (Lipinski definition) is 3. The zero-order valence-corrected chi connectivity index (χ0v) is 11.7. The van der Waals surface area contributed by atoms with Gasteiger partial charge in [-0.05, 0) is 50.7 Å². The highest BCUT2D eigenvalue weighted by Crippen LogP contribution is 2.13. The maximum absolute atomic E-state index is 12.1. The van der Waals surface area contributed by atoms with Crippen LogP contribution in [0.2, 0.25) is 0 Å². The molecule has 1 aromatic heterocycles. The van der Waals surface area contributed by atoms with Gasteiger partial charge in [-0.1, -0.05) is 6.07 Å². The first-order valence-corrected chi connectivity index (χ1v) is 7.10. The summed E-state index contributed by atoms with van der Waals surface area (Å²) in [5.41, 5.74) is 2.94. The lowest BCUT2D eigenvalue weighted by molar-refractivity contribution is -0.121. The lowest BCUT2D eigenvalue weighted by Crippen LogP contribution is -2.43. The molecule has 2 heterocycles. The van der Waals surface area contributed by atoms with Crippen LogP contribution in [-0.4, -0.2) is 47.0 Å². The first-order chi connectivity index (χ1) is 9.70. The Hall–Kier alpha value is -1.88. The third-order valence-corrected chi connectivity index (χ3v) is 3.93. The minimum atomic E-state index is 0.110. The highest BCUT2D eigenvalue weighted by molar-refractivity contribution is 5.81. The van der Waals surface area contributed by atoms with Crippen molar-refractivity contribution in [2.75, 3.05) is 20.1 Å². The second-order valence-corrected chi connectivity index (χ2v) is 5.58. The molecule has 0 unspecified atom stereocenters. The zero-order valence-electron chi connectivity index (χ0n) is 11.7. The van der Waals surface area contributed by atoms with Crippen molar-refractivity contribution < 1.29 is 4.79 Å². The van der Waals surface area contributed by atoms with Gasteiger partial charge in [0.15, 0.2) is 0 Å². The molecule has 0 saturated carbocycles. The van der Waals surface area contributed by atoms with E-state index in [4.69, 9.17) is 0 Å². The van der Waals surface area contributed by atoms with E-state index in [2.05, 4.69) is 27.2 Å². The largest absolute Gasteiger partial charge is 0.353 e. The monoisotopic (exact) mass is 272 g/mol. The molecule has 5 heteroatoms. The Labute approximate surface area is 118 Å². The van der Waals surface area contributed by atoms with Crippen LogP contribution < -0.4 is 5.32 Å². The van der Waals surface area contributed by atoms with Gasteiger partial charge in [0.25, 0.3) is 0 Å². The number of H-pyrrole nitrogens is 1. The number of aromatic amines is 1. The van der Waals surface area contributed by atoms with E-state index in [1.807, 2.05) is 18.2 Å². The molecule has 2 N–H and O–H groups in total. The predicted octanol–water partition coefficient (Wildman–Crippen LogP) is 1.32. The topological polar surface area (TPSA) is 61.0 Å². The standard InChI is InChI=1S/C15H20N4O/c1-19-6-4-12(5-7-19)18-15(20)9-11-2-3-13-14(8-11)17-10-16-13/h2-3,8,10,12H,4-7,9H2,1H3,(H,16,17)(H,18,20). The normalized spacial score (nSPS) is 17.4. The molecule has 0 radical (unpaired) electrons. The van der Waals surface area contributed by atoms with Crippen molar-refractivity contribution in [3.8, 4) is 0 Å². The van der Waals surface area contributed by atoms with Crippen LogP contribution in [0.25, 0.3) is 11.0 Å². The van der Waals surface area contributed by atoms with Crippen LogP contribution in [-0.2, 0) is 11.2 Å². The van der Waals surface area contributed by atoms with Crippen molar-refractivity contribution in [1.29, 1.82) is 0 Å². The van der Waals surface area contributed by atoms with Crippen molar-refractivity contribution in [2.24, 2.45) is 0 Å². The first kappa shape index (κ1) is 13.1. The maximum atomic E-state index is 12.1. The van der Waals surface area contributed by atoms with E-state index in [1.54, 1.807) is 6.33 Å². The Morgan fingerprint density at radius 3 is 3.05 bits per heavy atom. The zero-order chi connectivity index (χ0) is 13.9. The Bertz CT molecular complexity index is 599. The highest BCUT2D eigenvalue weighted by atomic mass is 16.1. The van der Waals surface area contributed by atoms with Crippen molar-refractivity contribution in [1.82, 2.24) is 20.2 Å². The summed E-state index contributed by atoms with van der Waals surface area (Å²) in [7, 11) is 2.12. The number of hydrogen-bond donors (Lipinski definition) is 2. The van der Waals surface area contributed by atoms with E-state index in [0.29, 0.717) is 12.5 Å². The Morgan fingerprint density at radius 1 is 1.45 bits per heavy atom. The number of benzene rings is 1. The number of imidazole rings is 1. The fourth-order valence-corrected chi connectivity index (χ4v) is 2.71. The molecule has 0 bridgehead atoms. The van der Waals surface area contributed by atoms with E-state index >= 15 is 0 Å². The Balaban J connectivity index is 1.58. The molecule has 2 aromatic rings. The van der Waals surface area contributed by atoms with Crippen molar-refractivity contribution in [3.05, 3.63) is 30.1 Å². The summed E-state index contributed by atoms with van der Waals surface area (Å²) in [4.78, 5) is 21.6. The predicted molar refractivity (Wildman–Crippen MR) is 78.5 cm³/mol. The summed E-state index contributed by atoms with van der Waals surface area (Å²) in [6.07, 6.45) is 4.19. The summed E-state index contributed by atoms with van der Waals surface area (Å²) >= 11 is 0. The number of nitrogens with zero attached hydrogens (tertiary/aromatic N) is 2. The van der Waals surface area contributed by atoms with E-state index in [9.17, 15) is 4.79 Å². The van der Waals surface area contributed by atoms with Crippen LogP contribution in [0.3, 0.4) is 0 Å². The molecular weight excluding hydrogens is 252 g/mol. The lowest BCUT2D eigenvalue weighted by Gasteiger charge is -2.29. The summed E-state index contributed by atoms with van der Waals surface area (Å²) in [5.74, 6) is 0.110. The molecule has 1 saturated heterocycles. The third kappa shape index (κ3) is 2.99. The smallest absolute Gasteiger partial charge is 0.224 e. The minimum Gasteiger partial charge on any atom is -0.353 e. The summed E-state index contributed by atoms with van der Waals surface area (Å²) in [6.45, 7) is 2.12. The SMILES string of the molecule is CN1CCC(NC(=O)Cc2ccc3nc[nH]c3c2)CC1. The van der Waals surface area contributed by atoms with Gasteiger partial charge in [-0.25, -0.2) is 4.98 Å². The second-order valence-electron chi connectivity index (χ2n) is 5.58. The van der Waals surface area contributed by atoms with Crippen LogP contribution in [0.1, 0.15) is 18.4 Å². The molecule has 20 heavy (non-hydrogen) atoms. The number of nitrogens with one attached hydrogen (secondary N) is 2. The highest BCUT2D eigenvalue weighted by Gasteiger charge is 2.18. The molecule has 1 amide bonds. The molecule has 3 rings (SSSR count). The number of rotatable bonds is 3. The van der Waals surface area contributed by atoms with Crippen molar-refractivity contribution in [3.63, 3.8) is 0 Å². The Morgan fingerprint density at radius 2 is 2.25 bits per heavy atom. The second kappa shape index (κ2) is 5.63. The number of amides is 1. The Kier molecular flexibility index (Phi) is 3.69. The van der Waals surface area contributed by atoms with Gasteiger partial charge in [0.05, 0.1) is 23.8 Å². The third-order valence-electron chi connectivity index (χ3n) is 3.93. The van der Waals surface area contributed by atoms with E-state index in [0.717, 1.165) is 42.5 Å². The van der Waals surface area contributed by atoms with Crippen LogP contribution in [0.15, 0.2) is 24.5 Å². The van der Waals surface area contributed by atoms with Gasteiger partial charge in [-0.3, -0.25) is 4.79 Å². The number of fused-ring (bicyclic) bond motifs is 1. The fraction of sp³-hybridized carbons (Fsp3) is 0.467. The first-order valence-electron chi connectivity index (χ1n) is 7.10. The molecule has 0 spiro atoms. The number of piperidine rings is 1. The van der Waals surface area contributed by atoms with Gasteiger partial charge in [-0.15, -0.1) is 0 Å². The van der Waals surface area contributed by atoms with Gasteiger partial charge < -0.3 is 15.2 Å². The van der Waals surface area contributed by atoms with Gasteiger partial charge in [0.2, 0.25) is 5.91 Å². The van der Waals surface area contributed by atoms with E-state index in [1.165, 1.54) is 0 Å². The van der Waals surface area contributed by atoms with Crippen LogP contribution >= 0.6 is 0 Å². The van der Waals surface area contributed by atoms with Gasteiger partial charge in [0.1, 0.15) is 0 Å². The van der Waals surface area contributed by atoms with E-state index in [-0.39, 0.29) is 5.91 Å². The lowest BCUT2D eigenvalue weighted by atomic mass is 10.0. The maximum Gasteiger partial charge on any atom is 0.224 e. The molecule has 5 nitrogen and oxygen atoms in total. The molecule has 1 aromatic carbocycles. The molecule has 0 aliphatic carbocycles. The number of carbonyl (C=O) groups is 1. The van der Waals surface area contributed by atoms with Gasteiger partial charge >= 0.3 is 0 Å². The molecule has 1 aliphatic rings. The summed E-state index contributed by atoms with van der Waals surface area (Å²) in [5, 5.41) is 3.14. The number of aromatic nitrogens is 2. The van der Waals surface area contributed by atoms with Crippen LogP contribution in [0, 0.1) is 0 Å². The summed E-state index contributed by atoms with van der Waals surface area (Å²) < 4.78 is 0. The van der Waals surface area contributed by atoms with E-state index < -0.39 is 0 Å². The number of carbonyl (C=O) groups excluding carboxylic acids is 1. The minimum absolute atomic E-state index is 0.110. The quantitative estimate of drug-likeness (QED) is 0.886. The fourth-order valence-electron chi connectivity index (χ4n) is 2.71. The average molecular weight is 272 g/mol. The molecular formula is C15H20N4O. The number of likely N-dealkylation sites (tertiary alicyclic amines) is 1. The van der Waals surface area contributed by atoms with Crippen LogP contribution in [0.5, 0.6) is 0 Å². The van der Waals surface area contributed by atoms with Gasteiger partial charge in [-0.2, -0.15) is 0 Å². The van der Waals surface area contributed by atoms with Gasteiger partial charge in [0, 0.05) is 6.04 Å². The average Bonchev–Trinajstić information content (AvgIpc) is 2.89.